The summed E-state index contributed by atoms with van der Waals surface area (Å²) in [5.41, 5.74) is 1.69. The summed E-state index contributed by atoms with van der Waals surface area (Å²) in [4.78, 5) is 33.7. The molecule has 1 aliphatic rings. The molecule has 0 radical (unpaired) electrons. The molecule has 0 saturated carbocycles. The molecule has 0 saturated heterocycles. The highest BCUT2D eigenvalue weighted by molar-refractivity contribution is 6.35. The molecule has 2 aromatic rings. The van der Waals surface area contributed by atoms with Crippen LogP contribution in [0.15, 0.2) is 36.4 Å². The van der Waals surface area contributed by atoms with E-state index >= 15 is 0 Å². The fourth-order valence-corrected chi connectivity index (χ4v) is 2.80. The minimum Gasteiger partial charge on any atom is -0.480 e. The van der Waals surface area contributed by atoms with Crippen molar-refractivity contribution in [2.45, 2.75) is 19.1 Å². The minimum atomic E-state index is -1.16. The average molecular weight is 382 g/mol. The van der Waals surface area contributed by atoms with Gasteiger partial charge in [0.2, 0.25) is 0 Å². The van der Waals surface area contributed by atoms with Gasteiger partial charge in [-0.15, -0.1) is 0 Å². The number of carbonyl (C=O) groups excluding carboxylic acids is 1. The number of carboxylic acids is 1. The molecule has 0 spiro atoms. The lowest BCUT2D eigenvalue weighted by atomic mass is 10.0. The number of rotatable bonds is 5. The summed E-state index contributed by atoms with van der Waals surface area (Å²) in [6, 6.07) is 8.53. The number of carbonyl (C=O) groups is 2. The van der Waals surface area contributed by atoms with Crippen molar-refractivity contribution in [3.63, 3.8) is 0 Å². The van der Waals surface area contributed by atoms with Gasteiger partial charge in [-0.25, -0.2) is 4.79 Å². The van der Waals surface area contributed by atoms with Gasteiger partial charge in [-0.05, 0) is 29.8 Å². The van der Waals surface area contributed by atoms with E-state index < -0.39 is 17.9 Å². The lowest BCUT2D eigenvalue weighted by Crippen LogP contribution is -2.42. The Kier molecular flexibility index (Phi) is 5.13. The van der Waals surface area contributed by atoms with Gasteiger partial charge in [0.25, 0.3) is 5.91 Å². The zero-order chi connectivity index (χ0) is 18.0. The predicted octanol–water partition coefficient (Wildman–Crippen LogP) is 3.24. The molecule has 3 rings (SSSR count). The van der Waals surface area contributed by atoms with Gasteiger partial charge in [0.05, 0.1) is 10.6 Å². The summed E-state index contributed by atoms with van der Waals surface area (Å²) >= 11 is 11.8. The quantitative estimate of drug-likeness (QED) is 0.776. The van der Waals surface area contributed by atoms with E-state index in [1.807, 2.05) is 0 Å². The summed E-state index contributed by atoms with van der Waals surface area (Å²) in [6.07, 6.45) is 0.0793. The van der Waals surface area contributed by atoms with Crippen LogP contribution in [-0.4, -0.2) is 23.0 Å². The first kappa shape index (κ1) is 17.5. The van der Waals surface area contributed by atoms with Crippen LogP contribution in [0.4, 0.5) is 0 Å². The van der Waals surface area contributed by atoms with Crippen LogP contribution in [0.2, 0.25) is 10.0 Å². The maximum Gasteiger partial charge on any atom is 0.326 e. The first-order chi connectivity index (χ1) is 11.9. The van der Waals surface area contributed by atoms with Crippen LogP contribution in [0.5, 0.6) is 5.75 Å². The van der Waals surface area contributed by atoms with Crippen molar-refractivity contribution in [2.24, 2.45) is 0 Å². The molecule has 25 heavy (non-hydrogen) atoms. The van der Waals surface area contributed by atoms with Crippen LogP contribution in [0.1, 0.15) is 21.5 Å². The summed E-state index contributed by atoms with van der Waals surface area (Å²) in [7, 11) is 0. The fourth-order valence-electron chi connectivity index (χ4n) is 2.42. The predicted molar refractivity (Wildman–Crippen MR) is 90.9 cm³/mol. The van der Waals surface area contributed by atoms with Gasteiger partial charge in [0, 0.05) is 17.0 Å². The molecule has 1 atom stereocenters. The van der Waals surface area contributed by atoms with Gasteiger partial charge >= 0.3 is 5.97 Å². The molecule has 6 nitrogen and oxygen atoms in total. The number of aliphatic carboxylic acids is 1. The number of amides is 1. The van der Waals surface area contributed by atoms with Crippen LogP contribution in [0.3, 0.4) is 0 Å². The normalized spacial score (nSPS) is 13.7. The highest BCUT2D eigenvalue weighted by atomic mass is 35.5. The zero-order valence-corrected chi connectivity index (χ0v) is 14.3. The fraction of sp³-hybridized carbons (Fsp3) is 0.176. The van der Waals surface area contributed by atoms with Gasteiger partial charge in [-0.3, -0.25) is 4.79 Å². The van der Waals surface area contributed by atoms with Crippen LogP contribution in [0.25, 0.3) is 0 Å². The lowest BCUT2D eigenvalue weighted by molar-refractivity contribution is -0.194. The van der Waals surface area contributed by atoms with Crippen LogP contribution in [-0.2, 0) is 22.7 Å². The lowest BCUT2D eigenvalue weighted by Gasteiger charge is -2.15. The molecule has 0 fully saturated rings. The van der Waals surface area contributed by atoms with E-state index in [0.717, 1.165) is 5.56 Å². The molecule has 1 unspecified atom stereocenters. The molecule has 0 aliphatic carbocycles. The molecule has 130 valence electrons. The Bertz CT molecular complexity index is 840. The molecule has 2 aromatic carbocycles. The SMILES string of the molecule is O=C(NC(Cc1ccc2c(c1)OOC2)C(=O)O)c1cc(Cl)ccc1Cl. The zero-order valence-electron chi connectivity index (χ0n) is 12.8. The Morgan fingerprint density at radius 2 is 2.00 bits per heavy atom. The number of benzene rings is 2. The van der Waals surface area contributed by atoms with Gasteiger partial charge in [-0.1, -0.05) is 35.3 Å². The number of carboxylic acid groups (broad SMARTS) is 1. The number of halogens is 2. The number of nitrogens with one attached hydrogen (secondary N) is 1. The average Bonchev–Trinajstić information content (AvgIpc) is 3.04. The third-order valence-electron chi connectivity index (χ3n) is 3.71. The molecule has 1 aliphatic heterocycles. The van der Waals surface area contributed by atoms with Crippen molar-refractivity contribution in [1.82, 2.24) is 5.32 Å². The third kappa shape index (κ3) is 4.04. The summed E-state index contributed by atoms with van der Waals surface area (Å²) < 4.78 is 0. The molecule has 0 aromatic heterocycles. The number of hydrogen-bond donors (Lipinski definition) is 2. The second-order valence-electron chi connectivity index (χ2n) is 5.48. The number of fused-ring (bicyclic) bond motifs is 1. The minimum absolute atomic E-state index is 0.0793. The van der Waals surface area contributed by atoms with E-state index in [1.54, 1.807) is 24.3 Å². The first-order valence-electron chi connectivity index (χ1n) is 7.34. The van der Waals surface area contributed by atoms with E-state index in [4.69, 9.17) is 33.0 Å². The van der Waals surface area contributed by atoms with Crippen molar-refractivity contribution in [1.29, 1.82) is 0 Å². The van der Waals surface area contributed by atoms with Crippen LogP contribution < -0.4 is 10.2 Å². The van der Waals surface area contributed by atoms with Crippen molar-refractivity contribution in [3.05, 3.63) is 63.1 Å². The highest BCUT2D eigenvalue weighted by Crippen LogP contribution is 2.27. The van der Waals surface area contributed by atoms with Crippen molar-refractivity contribution >= 4 is 35.1 Å². The Morgan fingerprint density at radius 3 is 2.76 bits per heavy atom. The smallest absolute Gasteiger partial charge is 0.326 e. The second-order valence-corrected chi connectivity index (χ2v) is 6.32. The Hall–Kier alpha value is -2.28. The monoisotopic (exact) mass is 381 g/mol. The maximum absolute atomic E-state index is 12.3. The van der Waals surface area contributed by atoms with Gasteiger partial charge < -0.3 is 15.3 Å². The second kappa shape index (κ2) is 7.31. The van der Waals surface area contributed by atoms with E-state index in [1.165, 1.54) is 12.1 Å². The Labute approximate surface area is 153 Å². The van der Waals surface area contributed by atoms with Gasteiger partial charge in [-0.2, -0.15) is 4.89 Å². The van der Waals surface area contributed by atoms with Crippen molar-refractivity contribution in [2.75, 3.05) is 0 Å². The van der Waals surface area contributed by atoms with Crippen molar-refractivity contribution < 1.29 is 24.5 Å². The van der Waals surface area contributed by atoms with Gasteiger partial charge in [0.15, 0.2) is 5.75 Å². The van der Waals surface area contributed by atoms with Crippen LogP contribution >= 0.6 is 23.2 Å². The highest BCUT2D eigenvalue weighted by Gasteiger charge is 2.24. The molecular weight excluding hydrogens is 369 g/mol. The Balaban J connectivity index is 1.76. The summed E-state index contributed by atoms with van der Waals surface area (Å²) in [5.74, 6) is -1.23. The first-order valence-corrected chi connectivity index (χ1v) is 8.09. The largest absolute Gasteiger partial charge is 0.480 e. The molecular formula is C17H13Cl2NO5. The van der Waals surface area contributed by atoms with Crippen molar-refractivity contribution in [3.8, 4) is 5.75 Å². The maximum atomic E-state index is 12.3. The molecule has 1 heterocycles. The van der Waals surface area contributed by atoms with E-state index in [9.17, 15) is 14.7 Å². The summed E-state index contributed by atoms with van der Waals surface area (Å²) in [5, 5.41) is 12.4. The molecule has 1 amide bonds. The standard InChI is InChI=1S/C17H13Cl2NO5/c18-11-3-4-13(19)12(7-11)16(21)20-14(17(22)23)5-9-1-2-10-8-24-25-15(10)6-9/h1-4,6-7,14H,5,8H2,(H,20,21)(H,22,23). The van der Waals surface area contributed by atoms with Gasteiger partial charge in [0.1, 0.15) is 12.6 Å². The molecule has 0 bridgehead atoms. The molecule has 2 N–H and O–H groups in total. The molecule has 8 heteroatoms. The summed E-state index contributed by atoms with van der Waals surface area (Å²) in [6.45, 7) is 0.349. The topological polar surface area (TPSA) is 84.9 Å². The third-order valence-corrected chi connectivity index (χ3v) is 4.28. The van der Waals surface area contributed by atoms with Crippen LogP contribution in [0, 0.1) is 0 Å². The van der Waals surface area contributed by atoms with E-state index in [-0.39, 0.29) is 17.0 Å². The number of hydrogen-bond acceptors (Lipinski definition) is 4. The Morgan fingerprint density at radius 1 is 1.20 bits per heavy atom. The van der Waals surface area contributed by atoms with E-state index in [0.29, 0.717) is 22.9 Å². The van der Waals surface area contributed by atoms with E-state index in [2.05, 4.69) is 5.32 Å².